The van der Waals surface area contributed by atoms with Gasteiger partial charge in [-0.2, -0.15) is 0 Å². The second kappa shape index (κ2) is 5.64. The summed E-state index contributed by atoms with van der Waals surface area (Å²) in [7, 11) is 0. The molecule has 1 heteroatoms. The Morgan fingerprint density at radius 3 is 2.77 bits per heavy atom. The van der Waals surface area contributed by atoms with Crippen molar-refractivity contribution in [3.8, 4) is 0 Å². The summed E-state index contributed by atoms with van der Waals surface area (Å²) in [5.74, 6) is 0.915. The molecule has 0 bridgehead atoms. The van der Waals surface area contributed by atoms with Crippen LogP contribution < -0.4 is 0 Å². The van der Waals surface area contributed by atoms with E-state index in [2.05, 4.69) is 25.7 Å². The van der Waals surface area contributed by atoms with Gasteiger partial charge in [-0.05, 0) is 44.7 Å². The van der Waals surface area contributed by atoms with Crippen molar-refractivity contribution in [2.75, 3.05) is 13.1 Å². The second-order valence-corrected chi connectivity index (χ2v) is 4.54. The average Bonchev–Trinajstić information content (AvgIpc) is 2.61. The van der Waals surface area contributed by atoms with Crippen molar-refractivity contribution in [3.05, 3.63) is 0 Å². The Morgan fingerprint density at radius 1 is 1.38 bits per heavy atom. The van der Waals surface area contributed by atoms with E-state index >= 15 is 0 Å². The van der Waals surface area contributed by atoms with Crippen LogP contribution in [0.1, 0.15) is 52.9 Å². The maximum absolute atomic E-state index is 2.70. The Bertz CT molecular complexity index is 133. The van der Waals surface area contributed by atoms with Crippen molar-refractivity contribution >= 4 is 0 Å². The Kier molecular flexibility index (Phi) is 4.79. The Balaban J connectivity index is 2.19. The molecule has 1 heterocycles. The summed E-state index contributed by atoms with van der Waals surface area (Å²) in [6.45, 7) is 9.69. The molecule has 1 aliphatic rings. The molecule has 1 nitrogen and oxygen atoms in total. The van der Waals surface area contributed by atoms with E-state index in [0.717, 1.165) is 12.0 Å². The minimum absolute atomic E-state index is 0.907. The summed E-state index contributed by atoms with van der Waals surface area (Å²) < 4.78 is 0. The van der Waals surface area contributed by atoms with Gasteiger partial charge >= 0.3 is 0 Å². The molecule has 0 radical (unpaired) electrons. The summed E-state index contributed by atoms with van der Waals surface area (Å²) in [5.41, 5.74) is 0. The predicted octanol–water partition coefficient (Wildman–Crippen LogP) is 3.30. The highest BCUT2D eigenvalue weighted by atomic mass is 15.2. The lowest BCUT2D eigenvalue weighted by atomic mass is 10.0. The summed E-state index contributed by atoms with van der Waals surface area (Å²) in [6.07, 6.45) is 6.95. The number of hydrogen-bond acceptors (Lipinski definition) is 1. The standard InChI is InChI=1S/C12H25N/c1-4-11(3)8-10-13-9-6-7-12(13)5-2/h11-12H,4-10H2,1-3H3/t11-,12?/m1/s1. The fraction of sp³-hybridized carbons (Fsp3) is 1.00. The third kappa shape index (κ3) is 3.30. The first-order chi connectivity index (χ1) is 6.27. The zero-order valence-corrected chi connectivity index (χ0v) is 9.55. The molecule has 2 atom stereocenters. The summed E-state index contributed by atoms with van der Waals surface area (Å²) in [4.78, 5) is 2.70. The van der Waals surface area contributed by atoms with Crippen LogP contribution in [-0.2, 0) is 0 Å². The SMILES string of the molecule is CCC1CCCN1CC[C@H](C)CC. The molecule has 0 aromatic rings. The van der Waals surface area contributed by atoms with E-state index in [-0.39, 0.29) is 0 Å². The highest BCUT2D eigenvalue weighted by molar-refractivity contribution is 4.77. The minimum Gasteiger partial charge on any atom is -0.300 e. The summed E-state index contributed by atoms with van der Waals surface area (Å²) >= 11 is 0. The van der Waals surface area contributed by atoms with E-state index < -0.39 is 0 Å². The van der Waals surface area contributed by atoms with Crippen molar-refractivity contribution < 1.29 is 0 Å². The fourth-order valence-electron chi connectivity index (χ4n) is 2.24. The van der Waals surface area contributed by atoms with E-state index in [9.17, 15) is 0 Å². The lowest BCUT2D eigenvalue weighted by Crippen LogP contribution is -2.30. The van der Waals surface area contributed by atoms with Crippen molar-refractivity contribution in [2.24, 2.45) is 5.92 Å². The second-order valence-electron chi connectivity index (χ2n) is 4.54. The molecule has 1 saturated heterocycles. The molecule has 0 aromatic heterocycles. The van der Waals surface area contributed by atoms with Gasteiger partial charge in [-0.3, -0.25) is 0 Å². The van der Waals surface area contributed by atoms with Gasteiger partial charge in [0.2, 0.25) is 0 Å². The van der Waals surface area contributed by atoms with Crippen molar-refractivity contribution in [3.63, 3.8) is 0 Å². The van der Waals surface area contributed by atoms with Crippen LogP contribution in [0.4, 0.5) is 0 Å². The van der Waals surface area contributed by atoms with E-state index in [1.165, 1.54) is 45.2 Å². The molecule has 1 unspecified atom stereocenters. The molecule has 1 fully saturated rings. The van der Waals surface area contributed by atoms with Crippen molar-refractivity contribution in [2.45, 2.75) is 58.9 Å². The van der Waals surface area contributed by atoms with Crippen LogP contribution in [-0.4, -0.2) is 24.0 Å². The van der Waals surface area contributed by atoms with Gasteiger partial charge in [0, 0.05) is 6.04 Å². The zero-order valence-electron chi connectivity index (χ0n) is 9.55. The first-order valence-corrected chi connectivity index (χ1v) is 6.02. The highest BCUT2D eigenvalue weighted by Crippen LogP contribution is 2.21. The molecule has 1 aliphatic heterocycles. The monoisotopic (exact) mass is 183 g/mol. The van der Waals surface area contributed by atoms with Crippen LogP contribution in [0.5, 0.6) is 0 Å². The van der Waals surface area contributed by atoms with Crippen LogP contribution in [0.25, 0.3) is 0 Å². The molecule has 0 aliphatic carbocycles. The van der Waals surface area contributed by atoms with E-state index in [1.54, 1.807) is 0 Å². The third-order valence-corrected chi connectivity index (χ3v) is 3.58. The van der Waals surface area contributed by atoms with Gasteiger partial charge in [0.25, 0.3) is 0 Å². The molecule has 0 N–H and O–H groups in total. The van der Waals surface area contributed by atoms with Gasteiger partial charge in [0.1, 0.15) is 0 Å². The largest absolute Gasteiger partial charge is 0.300 e. The van der Waals surface area contributed by atoms with Crippen LogP contribution in [0.15, 0.2) is 0 Å². The number of rotatable bonds is 5. The van der Waals surface area contributed by atoms with Crippen molar-refractivity contribution in [1.82, 2.24) is 4.90 Å². The van der Waals surface area contributed by atoms with E-state index in [4.69, 9.17) is 0 Å². The molecular formula is C12H25N. The first-order valence-electron chi connectivity index (χ1n) is 6.02. The van der Waals surface area contributed by atoms with Gasteiger partial charge in [-0.25, -0.2) is 0 Å². The Morgan fingerprint density at radius 2 is 2.15 bits per heavy atom. The van der Waals surface area contributed by atoms with Crippen molar-refractivity contribution in [1.29, 1.82) is 0 Å². The number of nitrogens with zero attached hydrogens (tertiary/aromatic N) is 1. The molecule has 0 aromatic carbocycles. The molecule has 0 saturated carbocycles. The summed E-state index contributed by atoms with van der Waals surface area (Å²) in [6, 6.07) is 0.907. The highest BCUT2D eigenvalue weighted by Gasteiger charge is 2.22. The average molecular weight is 183 g/mol. The van der Waals surface area contributed by atoms with Gasteiger partial charge in [-0.1, -0.05) is 27.2 Å². The topological polar surface area (TPSA) is 3.24 Å². The van der Waals surface area contributed by atoms with Gasteiger partial charge < -0.3 is 4.90 Å². The molecule has 0 amide bonds. The Hall–Kier alpha value is -0.0400. The maximum Gasteiger partial charge on any atom is 0.00931 e. The van der Waals surface area contributed by atoms with Gasteiger partial charge in [0.05, 0.1) is 0 Å². The third-order valence-electron chi connectivity index (χ3n) is 3.58. The normalized spacial score (nSPS) is 26.5. The van der Waals surface area contributed by atoms with E-state index in [1.807, 2.05) is 0 Å². The first kappa shape index (κ1) is 11.0. The van der Waals surface area contributed by atoms with Crippen LogP contribution in [0.3, 0.4) is 0 Å². The van der Waals surface area contributed by atoms with Gasteiger partial charge in [0.15, 0.2) is 0 Å². The maximum atomic E-state index is 2.70. The van der Waals surface area contributed by atoms with Crippen LogP contribution >= 0.6 is 0 Å². The molecular weight excluding hydrogens is 158 g/mol. The number of likely N-dealkylation sites (tertiary alicyclic amines) is 1. The van der Waals surface area contributed by atoms with E-state index in [0.29, 0.717) is 0 Å². The fourth-order valence-corrected chi connectivity index (χ4v) is 2.24. The minimum atomic E-state index is 0.907. The zero-order chi connectivity index (χ0) is 9.68. The molecule has 13 heavy (non-hydrogen) atoms. The Labute approximate surface area is 83.5 Å². The number of hydrogen-bond donors (Lipinski definition) is 0. The summed E-state index contributed by atoms with van der Waals surface area (Å²) in [5, 5.41) is 0. The smallest absolute Gasteiger partial charge is 0.00931 e. The van der Waals surface area contributed by atoms with Crippen LogP contribution in [0, 0.1) is 5.92 Å². The lowest BCUT2D eigenvalue weighted by Gasteiger charge is -2.24. The predicted molar refractivity (Wildman–Crippen MR) is 59.0 cm³/mol. The lowest BCUT2D eigenvalue weighted by molar-refractivity contribution is 0.231. The quantitative estimate of drug-likeness (QED) is 0.632. The molecule has 0 spiro atoms. The molecule has 1 rings (SSSR count). The van der Waals surface area contributed by atoms with Gasteiger partial charge in [-0.15, -0.1) is 0 Å². The molecule has 78 valence electrons. The van der Waals surface area contributed by atoms with Crippen LogP contribution in [0.2, 0.25) is 0 Å².